The lowest BCUT2D eigenvalue weighted by molar-refractivity contribution is -0.0498. The first kappa shape index (κ1) is 20.9. The van der Waals surface area contributed by atoms with Crippen LogP contribution in [-0.2, 0) is 0 Å². The number of hydrogen-bond donors (Lipinski definition) is 2. The van der Waals surface area contributed by atoms with E-state index in [-0.39, 0.29) is 11.8 Å². The van der Waals surface area contributed by atoms with Crippen LogP contribution in [0.25, 0.3) is 0 Å². The lowest BCUT2D eigenvalue weighted by atomic mass is 10.0. The second kappa shape index (κ2) is 10.0. The summed E-state index contributed by atoms with van der Waals surface area (Å²) in [6.45, 7) is -2.28. The van der Waals surface area contributed by atoms with Gasteiger partial charge in [0.2, 0.25) is 0 Å². The van der Waals surface area contributed by atoms with Crippen LogP contribution in [0.1, 0.15) is 11.6 Å². The second-order valence-electron chi connectivity index (χ2n) is 5.96. The van der Waals surface area contributed by atoms with Gasteiger partial charge in [0.05, 0.1) is 13.2 Å². The summed E-state index contributed by atoms with van der Waals surface area (Å²) in [5.41, 5.74) is 1.72. The van der Waals surface area contributed by atoms with Crippen LogP contribution in [0.3, 0.4) is 0 Å². The second-order valence-corrected chi connectivity index (χ2v) is 6.37. The molecule has 0 fully saturated rings. The highest BCUT2D eigenvalue weighted by molar-refractivity contribution is 7.80. The number of halogens is 2. The molecule has 0 amide bonds. The predicted molar refractivity (Wildman–Crippen MR) is 107 cm³/mol. The number of hydrogen-bond acceptors (Lipinski definition) is 4. The Morgan fingerprint density at radius 1 is 1.11 bits per heavy atom. The van der Waals surface area contributed by atoms with Gasteiger partial charge in [0, 0.05) is 17.8 Å². The third-order valence-electron chi connectivity index (χ3n) is 3.91. The normalized spacial score (nSPS) is 12.0. The van der Waals surface area contributed by atoms with E-state index in [0.717, 1.165) is 11.3 Å². The number of para-hydroxylation sites is 1. The minimum Gasteiger partial charge on any atom is -0.496 e. The van der Waals surface area contributed by atoms with Crippen molar-refractivity contribution >= 4 is 23.0 Å². The maximum absolute atomic E-state index is 12.2. The van der Waals surface area contributed by atoms with Gasteiger partial charge in [-0.3, -0.25) is 0 Å². The van der Waals surface area contributed by atoms with Crippen molar-refractivity contribution in [2.24, 2.45) is 0 Å². The van der Waals surface area contributed by atoms with Crippen molar-refractivity contribution in [2.45, 2.75) is 12.7 Å². The Labute approximate surface area is 163 Å². The Hall–Kier alpha value is -2.45. The molecular formula is C19H23F2N3O2S. The van der Waals surface area contributed by atoms with E-state index in [2.05, 4.69) is 20.3 Å². The van der Waals surface area contributed by atoms with E-state index < -0.39 is 6.61 Å². The van der Waals surface area contributed by atoms with Gasteiger partial charge in [0.1, 0.15) is 11.5 Å². The fraction of sp³-hybridized carbons (Fsp3) is 0.316. The molecule has 0 aliphatic rings. The molecule has 0 saturated heterocycles. The average Bonchev–Trinajstić information content (AvgIpc) is 2.63. The number of ether oxygens (including phenoxy) is 2. The Kier molecular flexibility index (Phi) is 7.75. The van der Waals surface area contributed by atoms with Gasteiger partial charge in [-0.15, -0.1) is 0 Å². The molecule has 0 heterocycles. The molecule has 2 aromatic carbocycles. The summed E-state index contributed by atoms with van der Waals surface area (Å²) >= 11 is 5.33. The van der Waals surface area contributed by atoms with Crippen LogP contribution in [0.4, 0.5) is 14.5 Å². The van der Waals surface area contributed by atoms with Gasteiger partial charge in [-0.25, -0.2) is 0 Å². The Balaban J connectivity index is 1.96. The summed E-state index contributed by atoms with van der Waals surface area (Å²) in [5.74, 6) is 0.907. The van der Waals surface area contributed by atoms with E-state index in [1.807, 2.05) is 38.4 Å². The fourth-order valence-electron chi connectivity index (χ4n) is 2.60. The number of methoxy groups -OCH3 is 1. The molecule has 2 aromatic rings. The number of rotatable bonds is 8. The van der Waals surface area contributed by atoms with Crippen molar-refractivity contribution in [1.29, 1.82) is 0 Å². The summed E-state index contributed by atoms with van der Waals surface area (Å²) in [6.07, 6.45) is 0. The fourth-order valence-corrected chi connectivity index (χ4v) is 2.80. The predicted octanol–water partition coefficient (Wildman–Crippen LogP) is 3.89. The van der Waals surface area contributed by atoms with Crippen LogP contribution in [-0.4, -0.2) is 44.4 Å². The largest absolute Gasteiger partial charge is 0.496 e. The van der Waals surface area contributed by atoms with Gasteiger partial charge < -0.3 is 25.0 Å². The Morgan fingerprint density at radius 3 is 2.37 bits per heavy atom. The molecule has 1 unspecified atom stereocenters. The zero-order valence-electron chi connectivity index (χ0n) is 15.4. The maximum Gasteiger partial charge on any atom is 0.387 e. The maximum atomic E-state index is 12.2. The summed E-state index contributed by atoms with van der Waals surface area (Å²) in [6, 6.07) is 14.0. The molecule has 27 heavy (non-hydrogen) atoms. The van der Waals surface area contributed by atoms with E-state index >= 15 is 0 Å². The number of anilines is 1. The summed E-state index contributed by atoms with van der Waals surface area (Å²) in [4.78, 5) is 2.07. The molecule has 0 spiro atoms. The molecule has 146 valence electrons. The number of benzene rings is 2. The summed E-state index contributed by atoms with van der Waals surface area (Å²) in [7, 11) is 5.61. The zero-order valence-corrected chi connectivity index (χ0v) is 16.2. The summed E-state index contributed by atoms with van der Waals surface area (Å²) in [5, 5.41) is 6.64. The van der Waals surface area contributed by atoms with Crippen LogP contribution < -0.4 is 20.1 Å². The molecular weight excluding hydrogens is 372 g/mol. The molecule has 0 aromatic heterocycles. The highest BCUT2D eigenvalue weighted by Gasteiger charge is 2.18. The zero-order chi connectivity index (χ0) is 19.8. The highest BCUT2D eigenvalue weighted by Crippen LogP contribution is 2.27. The monoisotopic (exact) mass is 395 g/mol. The third kappa shape index (κ3) is 6.33. The molecule has 0 aliphatic heterocycles. The van der Waals surface area contributed by atoms with Gasteiger partial charge in [-0.2, -0.15) is 8.78 Å². The van der Waals surface area contributed by atoms with Crippen molar-refractivity contribution < 1.29 is 18.3 Å². The average molecular weight is 395 g/mol. The molecule has 2 N–H and O–H groups in total. The van der Waals surface area contributed by atoms with Gasteiger partial charge in [0.25, 0.3) is 0 Å². The topological polar surface area (TPSA) is 45.8 Å². The number of nitrogens with one attached hydrogen (secondary N) is 2. The number of nitrogens with zero attached hydrogens (tertiary/aromatic N) is 1. The number of thiocarbonyl (C=S) groups is 1. The molecule has 0 saturated carbocycles. The van der Waals surface area contributed by atoms with Crippen molar-refractivity contribution in [3.63, 3.8) is 0 Å². The SMILES string of the molecule is COc1ccccc1C(CNC(=S)Nc1ccc(OC(F)F)cc1)N(C)C. The van der Waals surface area contributed by atoms with Gasteiger partial charge in [-0.05, 0) is 56.6 Å². The number of likely N-dealkylation sites (N-methyl/N-ethyl adjacent to an activating group) is 1. The van der Waals surface area contributed by atoms with Crippen molar-refractivity contribution in [3.8, 4) is 11.5 Å². The molecule has 1 atom stereocenters. The first-order chi connectivity index (χ1) is 12.9. The van der Waals surface area contributed by atoms with Crippen LogP contribution in [0, 0.1) is 0 Å². The highest BCUT2D eigenvalue weighted by atomic mass is 32.1. The summed E-state index contributed by atoms with van der Waals surface area (Å²) < 4.78 is 34.1. The van der Waals surface area contributed by atoms with E-state index in [4.69, 9.17) is 17.0 Å². The van der Waals surface area contributed by atoms with Crippen LogP contribution in [0.15, 0.2) is 48.5 Å². The molecule has 0 aliphatic carbocycles. The minimum absolute atomic E-state index is 0.0442. The van der Waals surface area contributed by atoms with Crippen molar-refractivity contribution in [3.05, 3.63) is 54.1 Å². The van der Waals surface area contributed by atoms with Crippen LogP contribution in [0.2, 0.25) is 0 Å². The lowest BCUT2D eigenvalue weighted by Gasteiger charge is -2.27. The van der Waals surface area contributed by atoms with Gasteiger partial charge in [-0.1, -0.05) is 18.2 Å². The first-order valence-corrected chi connectivity index (χ1v) is 8.70. The molecule has 5 nitrogen and oxygen atoms in total. The molecule has 0 bridgehead atoms. The van der Waals surface area contributed by atoms with E-state index in [1.165, 1.54) is 12.1 Å². The standard InChI is InChI=1S/C19H23F2N3O2S/c1-24(2)16(15-6-4-5-7-17(15)25-3)12-22-19(27)23-13-8-10-14(11-9-13)26-18(20)21/h4-11,16,18H,12H2,1-3H3,(H2,22,23,27). The Bertz CT molecular complexity index is 742. The lowest BCUT2D eigenvalue weighted by Crippen LogP contribution is -2.36. The minimum atomic E-state index is -2.84. The molecule has 0 radical (unpaired) electrons. The van der Waals surface area contributed by atoms with Crippen molar-refractivity contribution in [2.75, 3.05) is 33.1 Å². The van der Waals surface area contributed by atoms with E-state index in [1.54, 1.807) is 19.2 Å². The van der Waals surface area contributed by atoms with Crippen molar-refractivity contribution in [1.82, 2.24) is 10.2 Å². The molecule has 8 heteroatoms. The third-order valence-corrected chi connectivity index (χ3v) is 4.16. The molecule has 2 rings (SSSR count). The quantitative estimate of drug-likeness (QED) is 0.662. The van der Waals surface area contributed by atoms with Crippen LogP contribution in [0.5, 0.6) is 11.5 Å². The number of alkyl halides is 2. The van der Waals surface area contributed by atoms with Crippen LogP contribution >= 0.6 is 12.2 Å². The smallest absolute Gasteiger partial charge is 0.387 e. The first-order valence-electron chi connectivity index (χ1n) is 8.29. The van der Waals surface area contributed by atoms with E-state index in [0.29, 0.717) is 17.3 Å². The van der Waals surface area contributed by atoms with Gasteiger partial charge >= 0.3 is 6.61 Å². The Morgan fingerprint density at radius 2 is 1.78 bits per heavy atom. The van der Waals surface area contributed by atoms with E-state index in [9.17, 15) is 8.78 Å². The van der Waals surface area contributed by atoms with Gasteiger partial charge in [0.15, 0.2) is 5.11 Å².